The van der Waals surface area contributed by atoms with E-state index in [1.165, 1.54) is 31.2 Å². The Morgan fingerprint density at radius 1 is 1.08 bits per heavy atom. The van der Waals surface area contributed by atoms with Crippen LogP contribution >= 0.6 is 0 Å². The average Bonchev–Trinajstić information content (AvgIpc) is 2.17. The van der Waals surface area contributed by atoms with E-state index in [0.717, 1.165) is 6.54 Å². The fourth-order valence-electron chi connectivity index (χ4n) is 1.43. The van der Waals surface area contributed by atoms with E-state index in [-0.39, 0.29) is 0 Å². The molecule has 72 valence electrons. The highest BCUT2D eigenvalue weighted by Gasteiger charge is 1.98. The fraction of sp³-hybridized carbons (Fsp3) is 0.583. The van der Waals surface area contributed by atoms with E-state index >= 15 is 0 Å². The van der Waals surface area contributed by atoms with E-state index in [2.05, 4.69) is 42.9 Å². The molecule has 1 heterocycles. The van der Waals surface area contributed by atoms with Crippen LogP contribution in [0.4, 0.5) is 0 Å². The first-order chi connectivity index (χ1) is 6.36. The zero-order chi connectivity index (χ0) is 9.52. The quantitative estimate of drug-likeness (QED) is 0.610. The lowest BCUT2D eigenvalue weighted by Crippen LogP contribution is -2.32. The van der Waals surface area contributed by atoms with Gasteiger partial charge in [-0.3, -0.25) is 0 Å². The third-order valence-electron chi connectivity index (χ3n) is 2.27. The van der Waals surface area contributed by atoms with Crippen molar-refractivity contribution in [2.45, 2.75) is 46.1 Å². The van der Waals surface area contributed by atoms with Gasteiger partial charge in [0.2, 0.25) is 0 Å². The van der Waals surface area contributed by atoms with Crippen LogP contribution in [0.5, 0.6) is 0 Å². The summed E-state index contributed by atoms with van der Waals surface area (Å²) in [6, 6.07) is 4.47. The molecule has 1 rings (SSSR count). The van der Waals surface area contributed by atoms with Crippen molar-refractivity contribution in [2.24, 2.45) is 0 Å². The maximum atomic E-state index is 2.27. The van der Waals surface area contributed by atoms with Crippen molar-refractivity contribution in [3.05, 3.63) is 30.1 Å². The standard InChI is InChI=1S/C12H20N/c1-3-5-9-13-10-7-12(6-4-2)8-11-13/h7-8,10-11H,3-6,9H2,1-2H3/q+1. The molecule has 0 saturated carbocycles. The van der Waals surface area contributed by atoms with Gasteiger partial charge in [0, 0.05) is 18.6 Å². The number of rotatable bonds is 5. The van der Waals surface area contributed by atoms with Crippen LogP contribution in [0.1, 0.15) is 38.7 Å². The molecule has 0 spiro atoms. The molecular weight excluding hydrogens is 158 g/mol. The van der Waals surface area contributed by atoms with Gasteiger partial charge in [-0.1, -0.05) is 26.7 Å². The van der Waals surface area contributed by atoms with Crippen LogP contribution < -0.4 is 4.57 Å². The number of aromatic nitrogens is 1. The van der Waals surface area contributed by atoms with E-state index in [1.54, 1.807) is 0 Å². The molecule has 1 nitrogen and oxygen atoms in total. The lowest BCUT2D eigenvalue weighted by atomic mass is 10.1. The lowest BCUT2D eigenvalue weighted by molar-refractivity contribution is -0.697. The number of pyridine rings is 1. The van der Waals surface area contributed by atoms with Gasteiger partial charge in [0.1, 0.15) is 6.54 Å². The second kappa shape index (κ2) is 5.74. The summed E-state index contributed by atoms with van der Waals surface area (Å²) in [5.41, 5.74) is 1.45. The number of nitrogens with zero attached hydrogens (tertiary/aromatic N) is 1. The van der Waals surface area contributed by atoms with E-state index in [4.69, 9.17) is 0 Å². The minimum Gasteiger partial charge on any atom is -0.205 e. The molecule has 0 N–H and O–H groups in total. The Hall–Kier alpha value is -0.850. The second-order valence-corrected chi connectivity index (χ2v) is 3.55. The largest absolute Gasteiger partial charge is 0.205 e. The van der Waals surface area contributed by atoms with E-state index in [9.17, 15) is 0 Å². The highest BCUT2D eigenvalue weighted by Crippen LogP contribution is 1.99. The van der Waals surface area contributed by atoms with E-state index < -0.39 is 0 Å². The van der Waals surface area contributed by atoms with Gasteiger partial charge in [-0.2, -0.15) is 0 Å². The van der Waals surface area contributed by atoms with Gasteiger partial charge in [-0.05, 0) is 12.0 Å². The fourth-order valence-corrected chi connectivity index (χ4v) is 1.43. The van der Waals surface area contributed by atoms with Gasteiger partial charge in [-0.25, -0.2) is 4.57 Å². The Morgan fingerprint density at radius 2 is 1.77 bits per heavy atom. The van der Waals surface area contributed by atoms with Gasteiger partial charge in [0.05, 0.1) is 0 Å². The first kappa shape index (κ1) is 10.2. The molecule has 0 fully saturated rings. The van der Waals surface area contributed by atoms with Gasteiger partial charge in [-0.15, -0.1) is 0 Å². The molecule has 13 heavy (non-hydrogen) atoms. The van der Waals surface area contributed by atoms with Crippen molar-refractivity contribution in [3.8, 4) is 0 Å². The second-order valence-electron chi connectivity index (χ2n) is 3.55. The van der Waals surface area contributed by atoms with Crippen molar-refractivity contribution >= 4 is 0 Å². The summed E-state index contributed by atoms with van der Waals surface area (Å²) in [6.45, 7) is 5.60. The van der Waals surface area contributed by atoms with Gasteiger partial charge >= 0.3 is 0 Å². The number of hydrogen-bond donors (Lipinski definition) is 0. The molecule has 0 atom stereocenters. The smallest absolute Gasteiger partial charge is 0.169 e. The first-order valence-electron chi connectivity index (χ1n) is 5.34. The van der Waals surface area contributed by atoms with Crippen LogP contribution in [0.3, 0.4) is 0 Å². The van der Waals surface area contributed by atoms with Crippen molar-refractivity contribution in [1.29, 1.82) is 0 Å². The Labute approximate surface area is 81.4 Å². The highest BCUT2D eigenvalue weighted by atomic mass is 14.9. The Kier molecular flexibility index (Phi) is 4.52. The molecule has 0 aliphatic rings. The number of hydrogen-bond acceptors (Lipinski definition) is 0. The maximum absolute atomic E-state index is 2.27. The molecule has 0 amide bonds. The maximum Gasteiger partial charge on any atom is 0.169 e. The van der Waals surface area contributed by atoms with Gasteiger partial charge < -0.3 is 0 Å². The molecule has 0 bridgehead atoms. The van der Waals surface area contributed by atoms with Crippen LogP contribution in [0, 0.1) is 0 Å². The summed E-state index contributed by atoms with van der Waals surface area (Å²) >= 11 is 0. The molecule has 0 aromatic carbocycles. The van der Waals surface area contributed by atoms with Crippen LogP contribution in [-0.4, -0.2) is 0 Å². The third-order valence-corrected chi connectivity index (χ3v) is 2.27. The molecule has 1 heteroatoms. The van der Waals surface area contributed by atoms with Gasteiger partial charge in [0.15, 0.2) is 12.4 Å². The Bertz CT molecular complexity index is 225. The van der Waals surface area contributed by atoms with Crippen molar-refractivity contribution < 1.29 is 4.57 Å². The molecular formula is C12H20N+. The number of unbranched alkanes of at least 4 members (excludes halogenated alkanes) is 1. The molecule has 0 radical (unpaired) electrons. The molecule has 1 aromatic heterocycles. The predicted molar refractivity (Wildman–Crippen MR) is 55.5 cm³/mol. The Balaban J connectivity index is 2.48. The van der Waals surface area contributed by atoms with E-state index in [0.29, 0.717) is 0 Å². The molecule has 0 aliphatic heterocycles. The zero-order valence-electron chi connectivity index (χ0n) is 8.79. The first-order valence-corrected chi connectivity index (χ1v) is 5.34. The third kappa shape index (κ3) is 3.58. The summed E-state index contributed by atoms with van der Waals surface area (Å²) in [5.74, 6) is 0. The highest BCUT2D eigenvalue weighted by molar-refractivity contribution is 5.06. The predicted octanol–water partition coefficient (Wildman–Crippen LogP) is 2.73. The topological polar surface area (TPSA) is 3.88 Å². The van der Waals surface area contributed by atoms with Crippen LogP contribution in [0.15, 0.2) is 24.5 Å². The molecule has 0 aliphatic carbocycles. The monoisotopic (exact) mass is 178 g/mol. The molecule has 0 unspecified atom stereocenters. The van der Waals surface area contributed by atoms with Crippen molar-refractivity contribution in [2.75, 3.05) is 0 Å². The van der Waals surface area contributed by atoms with E-state index in [1.807, 2.05) is 0 Å². The SMILES string of the molecule is CCCC[n+]1ccc(CCC)cc1. The van der Waals surface area contributed by atoms with Crippen LogP contribution in [0.25, 0.3) is 0 Å². The lowest BCUT2D eigenvalue weighted by Gasteiger charge is -1.97. The zero-order valence-corrected chi connectivity index (χ0v) is 8.79. The normalized spacial score (nSPS) is 10.3. The summed E-state index contributed by atoms with van der Waals surface area (Å²) in [4.78, 5) is 0. The minimum absolute atomic E-state index is 1.16. The van der Waals surface area contributed by atoms with Crippen molar-refractivity contribution in [3.63, 3.8) is 0 Å². The Morgan fingerprint density at radius 3 is 2.31 bits per heavy atom. The van der Waals surface area contributed by atoms with Crippen LogP contribution in [-0.2, 0) is 13.0 Å². The molecule has 1 aromatic rings. The van der Waals surface area contributed by atoms with Crippen molar-refractivity contribution in [1.82, 2.24) is 0 Å². The summed E-state index contributed by atoms with van der Waals surface area (Å²) < 4.78 is 2.27. The minimum atomic E-state index is 1.16. The summed E-state index contributed by atoms with van der Waals surface area (Å²) in [7, 11) is 0. The van der Waals surface area contributed by atoms with Gasteiger partial charge in [0.25, 0.3) is 0 Å². The molecule has 0 saturated heterocycles. The summed E-state index contributed by atoms with van der Waals surface area (Å²) in [5, 5.41) is 0. The number of aryl methyl sites for hydroxylation is 2. The average molecular weight is 178 g/mol. The van der Waals surface area contributed by atoms with Crippen LogP contribution in [0.2, 0.25) is 0 Å². The summed E-state index contributed by atoms with van der Waals surface area (Å²) in [6.07, 6.45) is 9.37.